The van der Waals surface area contributed by atoms with Gasteiger partial charge in [-0.15, -0.1) is 11.6 Å². The number of halogens is 1. The van der Waals surface area contributed by atoms with Crippen LogP contribution in [-0.4, -0.2) is 14.9 Å². The Morgan fingerprint density at radius 2 is 2.42 bits per heavy atom. The minimum atomic E-state index is -0.645. The van der Waals surface area contributed by atoms with Gasteiger partial charge in [0, 0.05) is 0 Å². The van der Waals surface area contributed by atoms with Crippen molar-refractivity contribution in [1.82, 2.24) is 9.97 Å². The number of nitrogens with two attached hydrogens (primary N) is 1. The van der Waals surface area contributed by atoms with Gasteiger partial charge in [-0.05, 0) is 0 Å². The second-order valence-corrected chi connectivity index (χ2v) is 2.21. The Morgan fingerprint density at radius 3 is 2.83 bits per heavy atom. The van der Waals surface area contributed by atoms with Crippen molar-refractivity contribution in [3.05, 3.63) is 22.1 Å². The molecule has 1 aromatic rings. The molecule has 6 nitrogen and oxygen atoms in total. The zero-order chi connectivity index (χ0) is 9.14. The molecule has 0 saturated heterocycles. The van der Waals surface area contributed by atoms with Gasteiger partial charge in [-0.2, -0.15) is 0 Å². The van der Waals surface area contributed by atoms with Crippen LogP contribution < -0.4 is 5.73 Å². The van der Waals surface area contributed by atoms with Crippen LogP contribution in [0.1, 0.15) is 5.82 Å². The predicted octanol–water partition coefficient (Wildman–Crippen LogP) is 0.706. The molecule has 64 valence electrons. The molecular weight excluding hydrogens is 184 g/mol. The molecule has 0 spiro atoms. The number of anilines is 1. The van der Waals surface area contributed by atoms with Crippen molar-refractivity contribution in [3.8, 4) is 0 Å². The van der Waals surface area contributed by atoms with Gasteiger partial charge in [0.05, 0.1) is 10.8 Å². The number of hydrogen-bond acceptors (Lipinski definition) is 5. The van der Waals surface area contributed by atoms with Gasteiger partial charge in [-0.1, -0.05) is 0 Å². The van der Waals surface area contributed by atoms with E-state index in [1.54, 1.807) is 0 Å². The largest absolute Gasteiger partial charge is 0.378 e. The highest BCUT2D eigenvalue weighted by Crippen LogP contribution is 2.16. The highest BCUT2D eigenvalue weighted by Gasteiger charge is 2.13. The Balaban J connectivity index is 3.12. The van der Waals surface area contributed by atoms with Gasteiger partial charge in [-0.3, -0.25) is 10.1 Å². The van der Waals surface area contributed by atoms with Crippen molar-refractivity contribution in [2.45, 2.75) is 5.88 Å². The van der Waals surface area contributed by atoms with E-state index >= 15 is 0 Å². The van der Waals surface area contributed by atoms with Crippen molar-refractivity contribution in [2.75, 3.05) is 5.73 Å². The Morgan fingerprint density at radius 1 is 1.75 bits per heavy atom. The first-order valence-electron chi connectivity index (χ1n) is 2.97. The van der Waals surface area contributed by atoms with Crippen molar-refractivity contribution in [2.24, 2.45) is 0 Å². The lowest BCUT2D eigenvalue weighted by Crippen LogP contribution is -2.02. The highest BCUT2D eigenvalue weighted by atomic mass is 35.5. The Kier molecular flexibility index (Phi) is 2.39. The van der Waals surface area contributed by atoms with Crippen molar-refractivity contribution in [1.29, 1.82) is 0 Å². The van der Waals surface area contributed by atoms with E-state index in [4.69, 9.17) is 17.3 Å². The number of alkyl halides is 1. The van der Waals surface area contributed by atoms with E-state index in [1.807, 2.05) is 0 Å². The minimum absolute atomic E-state index is 0.0855. The third kappa shape index (κ3) is 1.59. The Labute approximate surface area is 72.5 Å². The molecule has 0 unspecified atom stereocenters. The van der Waals surface area contributed by atoms with Gasteiger partial charge in [0.2, 0.25) is 5.82 Å². The Bertz CT molecular complexity index is 316. The summed E-state index contributed by atoms with van der Waals surface area (Å²) in [6.07, 6.45) is 1.04. The molecule has 1 aromatic heterocycles. The van der Waals surface area contributed by atoms with E-state index in [0.717, 1.165) is 6.20 Å². The number of aromatic nitrogens is 2. The normalized spacial score (nSPS) is 9.75. The van der Waals surface area contributed by atoms with Gasteiger partial charge in [0.15, 0.2) is 0 Å². The average molecular weight is 189 g/mol. The molecule has 12 heavy (non-hydrogen) atoms. The maximum Gasteiger partial charge on any atom is 0.329 e. The van der Waals surface area contributed by atoms with E-state index in [0.29, 0.717) is 0 Å². The molecule has 2 N–H and O–H groups in total. The molecule has 0 saturated carbocycles. The van der Waals surface area contributed by atoms with Gasteiger partial charge in [-0.25, -0.2) is 9.97 Å². The summed E-state index contributed by atoms with van der Waals surface area (Å²) < 4.78 is 0. The molecule has 0 bridgehead atoms. The molecule has 0 aliphatic rings. The van der Waals surface area contributed by atoms with Gasteiger partial charge in [0.25, 0.3) is 0 Å². The maximum absolute atomic E-state index is 10.2. The van der Waals surface area contributed by atoms with Crippen molar-refractivity contribution >= 4 is 23.1 Å². The zero-order valence-corrected chi connectivity index (χ0v) is 6.65. The van der Waals surface area contributed by atoms with Crippen molar-refractivity contribution in [3.63, 3.8) is 0 Å². The average Bonchev–Trinajstić information content (AvgIpc) is 2.03. The molecule has 0 amide bonds. The molecule has 1 heterocycles. The minimum Gasteiger partial charge on any atom is -0.378 e. The number of nitrogens with zero attached hydrogens (tertiary/aromatic N) is 3. The predicted molar refractivity (Wildman–Crippen MR) is 42.7 cm³/mol. The van der Waals surface area contributed by atoms with Gasteiger partial charge >= 0.3 is 5.69 Å². The van der Waals surface area contributed by atoms with Crippen LogP contribution in [0.5, 0.6) is 0 Å². The summed E-state index contributed by atoms with van der Waals surface area (Å²) in [4.78, 5) is 16.8. The summed E-state index contributed by atoms with van der Waals surface area (Å²) in [6, 6.07) is 0. The number of nitrogen functional groups attached to an aromatic ring is 1. The summed E-state index contributed by atoms with van der Waals surface area (Å²) in [5.74, 6) is 0.202. The number of hydrogen-bond donors (Lipinski definition) is 1. The van der Waals surface area contributed by atoms with Crippen LogP contribution in [0.25, 0.3) is 0 Å². The van der Waals surface area contributed by atoms with E-state index in [-0.39, 0.29) is 23.2 Å². The molecular formula is C5H5ClN4O2. The third-order valence-electron chi connectivity index (χ3n) is 1.16. The standard InChI is InChI=1S/C5H5ClN4O2/c6-1-4-8-2-3(10(11)12)5(7)9-4/h2H,1H2,(H2,7,8,9). The molecule has 1 rings (SSSR count). The lowest BCUT2D eigenvalue weighted by molar-refractivity contribution is -0.384. The molecule has 0 radical (unpaired) electrons. The molecule has 0 aromatic carbocycles. The second-order valence-electron chi connectivity index (χ2n) is 1.95. The molecule has 0 aliphatic heterocycles. The van der Waals surface area contributed by atoms with Crippen LogP contribution in [0.4, 0.5) is 11.5 Å². The van der Waals surface area contributed by atoms with Crippen LogP contribution in [0.3, 0.4) is 0 Å². The highest BCUT2D eigenvalue weighted by molar-refractivity contribution is 6.16. The Hall–Kier alpha value is -1.43. The first-order chi connectivity index (χ1) is 5.65. The van der Waals surface area contributed by atoms with Gasteiger partial charge < -0.3 is 5.73 Å². The monoisotopic (exact) mass is 188 g/mol. The van der Waals surface area contributed by atoms with Crippen LogP contribution in [0, 0.1) is 10.1 Å². The van der Waals surface area contributed by atoms with Crippen LogP contribution in [0.15, 0.2) is 6.20 Å². The zero-order valence-electron chi connectivity index (χ0n) is 5.90. The quantitative estimate of drug-likeness (QED) is 0.419. The summed E-state index contributed by atoms with van der Waals surface area (Å²) >= 11 is 5.38. The first-order valence-corrected chi connectivity index (χ1v) is 3.50. The van der Waals surface area contributed by atoms with E-state index in [9.17, 15) is 10.1 Å². The summed E-state index contributed by atoms with van der Waals surface area (Å²) in [6.45, 7) is 0. The number of nitro groups is 1. The first kappa shape index (κ1) is 8.66. The van der Waals surface area contributed by atoms with E-state index in [1.165, 1.54) is 0 Å². The fourth-order valence-corrected chi connectivity index (χ4v) is 0.761. The number of rotatable bonds is 2. The van der Waals surface area contributed by atoms with Crippen LogP contribution >= 0.6 is 11.6 Å². The summed E-state index contributed by atoms with van der Waals surface area (Å²) in [5, 5.41) is 10.2. The van der Waals surface area contributed by atoms with Gasteiger partial charge in [0.1, 0.15) is 12.0 Å². The van der Waals surface area contributed by atoms with E-state index in [2.05, 4.69) is 9.97 Å². The summed E-state index contributed by atoms with van der Waals surface area (Å²) in [5.41, 5.74) is 4.94. The molecule has 7 heteroatoms. The second kappa shape index (κ2) is 3.31. The lowest BCUT2D eigenvalue weighted by atomic mass is 10.5. The topological polar surface area (TPSA) is 94.9 Å². The smallest absolute Gasteiger partial charge is 0.329 e. The molecule has 0 aliphatic carbocycles. The van der Waals surface area contributed by atoms with Crippen LogP contribution in [0.2, 0.25) is 0 Å². The lowest BCUT2D eigenvalue weighted by Gasteiger charge is -1.96. The maximum atomic E-state index is 10.2. The fourth-order valence-electron chi connectivity index (χ4n) is 0.632. The van der Waals surface area contributed by atoms with Crippen molar-refractivity contribution < 1.29 is 4.92 Å². The fraction of sp³-hybridized carbons (Fsp3) is 0.200. The summed E-state index contributed by atoms with van der Waals surface area (Å²) in [7, 11) is 0. The third-order valence-corrected chi connectivity index (χ3v) is 1.40. The van der Waals surface area contributed by atoms with E-state index < -0.39 is 4.92 Å². The molecule has 0 atom stereocenters. The SMILES string of the molecule is Nc1nc(CCl)ncc1[N+](=O)[O-]. The molecule has 0 fully saturated rings. The van der Waals surface area contributed by atoms with Crippen LogP contribution in [-0.2, 0) is 5.88 Å².